The van der Waals surface area contributed by atoms with E-state index in [9.17, 15) is 0 Å². The highest BCUT2D eigenvalue weighted by Gasteiger charge is 2.18. The predicted octanol–water partition coefficient (Wildman–Crippen LogP) is 4.13. The molecular weight excluding hydrogens is 268 g/mol. The zero-order valence-corrected chi connectivity index (χ0v) is 12.8. The fourth-order valence-corrected chi connectivity index (χ4v) is 2.71. The van der Waals surface area contributed by atoms with E-state index in [-0.39, 0.29) is 0 Å². The number of hydrogen-bond donors (Lipinski definition) is 1. The van der Waals surface area contributed by atoms with Crippen LogP contribution >= 0.6 is 11.6 Å². The number of para-hydroxylation sites is 1. The molecular formula is C17H21ClN2. The fraction of sp³-hybridized carbons (Fsp3) is 0.294. The lowest BCUT2D eigenvalue weighted by Crippen LogP contribution is -2.27. The Bertz CT molecular complexity index is 528. The van der Waals surface area contributed by atoms with Gasteiger partial charge in [0.05, 0.1) is 16.8 Å². The first kappa shape index (κ1) is 14.9. The molecule has 0 radical (unpaired) electrons. The lowest BCUT2D eigenvalue weighted by atomic mass is 10.0. The van der Waals surface area contributed by atoms with Gasteiger partial charge in [-0.05, 0) is 37.7 Å². The van der Waals surface area contributed by atoms with E-state index >= 15 is 0 Å². The molecule has 0 spiro atoms. The van der Waals surface area contributed by atoms with E-state index in [2.05, 4.69) is 47.6 Å². The molecule has 0 bridgehead atoms. The van der Waals surface area contributed by atoms with E-state index in [1.807, 2.05) is 31.3 Å². The van der Waals surface area contributed by atoms with Crippen LogP contribution in [0.15, 0.2) is 54.6 Å². The van der Waals surface area contributed by atoms with Gasteiger partial charge in [0.2, 0.25) is 0 Å². The maximum absolute atomic E-state index is 6.33. The molecule has 1 N–H and O–H groups in total. The molecule has 0 aliphatic rings. The summed E-state index contributed by atoms with van der Waals surface area (Å²) in [5, 5.41) is 4.02. The number of hydrogen-bond acceptors (Lipinski definition) is 2. The molecule has 0 heterocycles. The Morgan fingerprint density at radius 2 is 1.70 bits per heavy atom. The van der Waals surface area contributed by atoms with Crippen molar-refractivity contribution in [1.29, 1.82) is 0 Å². The van der Waals surface area contributed by atoms with E-state index < -0.39 is 0 Å². The lowest BCUT2D eigenvalue weighted by molar-refractivity contribution is 0.586. The molecule has 2 nitrogen and oxygen atoms in total. The second-order valence-electron chi connectivity index (χ2n) is 4.88. The molecule has 2 aromatic rings. The first-order valence-electron chi connectivity index (χ1n) is 6.91. The zero-order chi connectivity index (χ0) is 14.4. The van der Waals surface area contributed by atoms with Gasteiger partial charge >= 0.3 is 0 Å². The topological polar surface area (TPSA) is 15.3 Å². The summed E-state index contributed by atoms with van der Waals surface area (Å²) in [6.07, 6.45) is 1.03. The van der Waals surface area contributed by atoms with Crippen LogP contribution in [0.5, 0.6) is 0 Å². The molecule has 2 rings (SSSR count). The summed E-state index contributed by atoms with van der Waals surface area (Å²) in [7, 11) is 4.09. The zero-order valence-electron chi connectivity index (χ0n) is 12.0. The Labute approximate surface area is 126 Å². The van der Waals surface area contributed by atoms with Gasteiger partial charge in [-0.1, -0.05) is 54.1 Å². The molecule has 0 aliphatic heterocycles. The SMILES string of the molecule is CNCCC(c1ccccc1)N(C)c1ccccc1Cl. The van der Waals surface area contributed by atoms with E-state index in [0.717, 1.165) is 23.7 Å². The molecule has 106 valence electrons. The van der Waals surface area contributed by atoms with Crippen LogP contribution in [0.1, 0.15) is 18.0 Å². The minimum atomic E-state index is 0.309. The Morgan fingerprint density at radius 3 is 2.35 bits per heavy atom. The van der Waals surface area contributed by atoms with Crippen molar-refractivity contribution in [2.24, 2.45) is 0 Å². The third-order valence-electron chi connectivity index (χ3n) is 3.55. The molecule has 20 heavy (non-hydrogen) atoms. The normalized spacial score (nSPS) is 12.2. The Morgan fingerprint density at radius 1 is 1.05 bits per heavy atom. The number of halogens is 1. The first-order chi connectivity index (χ1) is 9.74. The van der Waals surface area contributed by atoms with Crippen LogP contribution in [-0.4, -0.2) is 20.6 Å². The maximum atomic E-state index is 6.33. The van der Waals surface area contributed by atoms with Gasteiger partial charge in [0, 0.05) is 7.05 Å². The first-order valence-corrected chi connectivity index (χ1v) is 7.28. The molecule has 0 fully saturated rings. The minimum absolute atomic E-state index is 0.309. The second-order valence-corrected chi connectivity index (χ2v) is 5.29. The van der Waals surface area contributed by atoms with Gasteiger partial charge < -0.3 is 10.2 Å². The van der Waals surface area contributed by atoms with Crippen molar-refractivity contribution in [3.8, 4) is 0 Å². The van der Waals surface area contributed by atoms with Crippen molar-refractivity contribution in [3.63, 3.8) is 0 Å². The largest absolute Gasteiger partial charge is 0.366 e. The van der Waals surface area contributed by atoms with Crippen LogP contribution in [-0.2, 0) is 0 Å². The maximum Gasteiger partial charge on any atom is 0.0639 e. The molecule has 3 heteroatoms. The average molecular weight is 289 g/mol. The lowest BCUT2D eigenvalue weighted by Gasteiger charge is -2.31. The van der Waals surface area contributed by atoms with Crippen molar-refractivity contribution < 1.29 is 0 Å². The molecule has 2 aromatic carbocycles. The van der Waals surface area contributed by atoms with Gasteiger partial charge in [-0.15, -0.1) is 0 Å². The Kier molecular flexibility index (Phi) is 5.45. The van der Waals surface area contributed by atoms with Crippen LogP contribution in [0.4, 0.5) is 5.69 Å². The average Bonchev–Trinajstić information content (AvgIpc) is 2.49. The predicted molar refractivity (Wildman–Crippen MR) is 87.6 cm³/mol. The van der Waals surface area contributed by atoms with Crippen molar-refractivity contribution in [2.45, 2.75) is 12.5 Å². The number of rotatable bonds is 6. The number of anilines is 1. The van der Waals surface area contributed by atoms with E-state index in [1.54, 1.807) is 0 Å². The second kappa shape index (κ2) is 7.32. The monoisotopic (exact) mass is 288 g/mol. The van der Waals surface area contributed by atoms with E-state index in [1.165, 1.54) is 5.56 Å². The highest BCUT2D eigenvalue weighted by molar-refractivity contribution is 6.33. The smallest absolute Gasteiger partial charge is 0.0639 e. The standard InChI is InChI=1S/C17H21ClN2/c1-19-13-12-16(14-8-4-3-5-9-14)20(2)17-11-7-6-10-15(17)18/h3-11,16,19H,12-13H2,1-2H3. The van der Waals surface area contributed by atoms with Crippen LogP contribution in [0, 0.1) is 0 Å². The summed E-state index contributed by atoms with van der Waals surface area (Å²) in [6, 6.07) is 18.9. The summed E-state index contributed by atoms with van der Waals surface area (Å²) in [4.78, 5) is 2.26. The Hall–Kier alpha value is -1.51. The summed E-state index contributed by atoms with van der Waals surface area (Å²) in [6.45, 7) is 0.967. The van der Waals surface area contributed by atoms with E-state index in [4.69, 9.17) is 11.6 Å². The molecule has 0 amide bonds. The summed E-state index contributed by atoms with van der Waals surface area (Å²) < 4.78 is 0. The molecule has 0 saturated heterocycles. The van der Waals surface area contributed by atoms with Crippen molar-refractivity contribution in [2.75, 3.05) is 25.5 Å². The van der Waals surface area contributed by atoms with Crippen molar-refractivity contribution in [3.05, 3.63) is 65.2 Å². The fourth-order valence-electron chi connectivity index (χ4n) is 2.45. The van der Waals surface area contributed by atoms with E-state index in [0.29, 0.717) is 6.04 Å². The van der Waals surface area contributed by atoms with Gasteiger partial charge in [-0.2, -0.15) is 0 Å². The summed E-state index contributed by atoms with van der Waals surface area (Å²) >= 11 is 6.33. The van der Waals surface area contributed by atoms with Gasteiger partial charge in [-0.25, -0.2) is 0 Å². The highest BCUT2D eigenvalue weighted by atomic mass is 35.5. The third-order valence-corrected chi connectivity index (χ3v) is 3.87. The molecule has 1 atom stereocenters. The molecule has 0 aromatic heterocycles. The summed E-state index contributed by atoms with van der Waals surface area (Å²) in [5.74, 6) is 0. The molecule has 1 unspecified atom stereocenters. The minimum Gasteiger partial charge on any atom is -0.366 e. The number of benzene rings is 2. The van der Waals surface area contributed by atoms with Crippen LogP contribution in [0.25, 0.3) is 0 Å². The molecule has 0 aliphatic carbocycles. The third kappa shape index (κ3) is 3.53. The van der Waals surface area contributed by atoms with Gasteiger partial charge in [0.25, 0.3) is 0 Å². The summed E-state index contributed by atoms with van der Waals surface area (Å²) in [5.41, 5.74) is 2.38. The van der Waals surface area contributed by atoms with Crippen molar-refractivity contribution in [1.82, 2.24) is 5.32 Å². The number of nitrogens with zero attached hydrogens (tertiary/aromatic N) is 1. The highest BCUT2D eigenvalue weighted by Crippen LogP contribution is 2.32. The quantitative estimate of drug-likeness (QED) is 0.860. The van der Waals surface area contributed by atoms with Crippen molar-refractivity contribution >= 4 is 17.3 Å². The van der Waals surface area contributed by atoms with Gasteiger partial charge in [0.1, 0.15) is 0 Å². The molecule has 0 saturated carbocycles. The van der Waals surface area contributed by atoms with Crippen LogP contribution in [0.3, 0.4) is 0 Å². The van der Waals surface area contributed by atoms with Crippen LogP contribution < -0.4 is 10.2 Å². The Balaban J connectivity index is 2.29. The number of nitrogens with one attached hydrogen (secondary N) is 1. The van der Waals surface area contributed by atoms with Gasteiger partial charge in [-0.3, -0.25) is 0 Å². The van der Waals surface area contributed by atoms with Crippen LogP contribution in [0.2, 0.25) is 5.02 Å². The van der Waals surface area contributed by atoms with Gasteiger partial charge in [0.15, 0.2) is 0 Å².